The molecule has 1 saturated heterocycles. The summed E-state index contributed by atoms with van der Waals surface area (Å²) < 4.78 is 5.26. The van der Waals surface area contributed by atoms with Gasteiger partial charge in [0, 0.05) is 31.8 Å². The second-order valence-corrected chi connectivity index (χ2v) is 4.32. The van der Waals surface area contributed by atoms with E-state index >= 15 is 0 Å². The van der Waals surface area contributed by atoms with Gasteiger partial charge in [0.05, 0.1) is 0 Å². The van der Waals surface area contributed by atoms with E-state index in [0.29, 0.717) is 18.7 Å². The van der Waals surface area contributed by atoms with Gasteiger partial charge in [-0.2, -0.15) is 0 Å². The Labute approximate surface area is 92.0 Å². The maximum atomic E-state index is 11.7. The van der Waals surface area contributed by atoms with Crippen molar-refractivity contribution < 1.29 is 9.53 Å². The first-order chi connectivity index (χ1) is 7.13. The Bertz CT molecular complexity index is 199. The van der Waals surface area contributed by atoms with Gasteiger partial charge in [0.2, 0.25) is 5.91 Å². The molecule has 0 spiro atoms. The summed E-state index contributed by atoms with van der Waals surface area (Å²) in [7, 11) is 0. The lowest BCUT2D eigenvalue weighted by molar-refractivity contribution is -0.137. The minimum atomic E-state index is 0.114. The fourth-order valence-electron chi connectivity index (χ4n) is 1.93. The molecule has 2 unspecified atom stereocenters. The average Bonchev–Trinajstić information content (AvgIpc) is 2.16. The van der Waals surface area contributed by atoms with Gasteiger partial charge in [-0.25, -0.2) is 0 Å². The molecule has 2 atom stereocenters. The zero-order valence-corrected chi connectivity index (χ0v) is 9.95. The minimum absolute atomic E-state index is 0.114. The number of carbonyl (C=O) groups excluding carboxylic acids is 1. The molecule has 1 aliphatic rings. The highest BCUT2D eigenvalue weighted by Crippen LogP contribution is 2.04. The van der Waals surface area contributed by atoms with Crippen molar-refractivity contribution >= 4 is 5.91 Å². The number of carbonyl (C=O) groups is 1. The number of hydrogen-bond donors (Lipinski definition) is 1. The summed E-state index contributed by atoms with van der Waals surface area (Å²) in [5, 5.41) is 3.40. The van der Waals surface area contributed by atoms with Gasteiger partial charge in [-0.3, -0.25) is 4.79 Å². The van der Waals surface area contributed by atoms with Gasteiger partial charge in [0.1, 0.15) is 6.61 Å². The zero-order chi connectivity index (χ0) is 11.3. The smallest absolute Gasteiger partial charge is 0.248 e. The van der Waals surface area contributed by atoms with Crippen LogP contribution >= 0.6 is 0 Å². The molecule has 1 fully saturated rings. The van der Waals surface area contributed by atoms with Crippen molar-refractivity contribution in [1.82, 2.24) is 10.2 Å². The second-order valence-electron chi connectivity index (χ2n) is 4.32. The van der Waals surface area contributed by atoms with Crippen molar-refractivity contribution in [2.24, 2.45) is 0 Å². The summed E-state index contributed by atoms with van der Waals surface area (Å²) in [4.78, 5) is 13.6. The van der Waals surface area contributed by atoms with Gasteiger partial charge in [-0.15, -0.1) is 0 Å². The number of nitrogens with one attached hydrogen (secondary N) is 1. The van der Waals surface area contributed by atoms with Gasteiger partial charge < -0.3 is 15.0 Å². The highest BCUT2D eigenvalue weighted by Gasteiger charge is 2.24. The Balaban J connectivity index is 2.31. The van der Waals surface area contributed by atoms with E-state index in [2.05, 4.69) is 19.2 Å². The molecule has 1 N–H and O–H groups in total. The summed E-state index contributed by atoms with van der Waals surface area (Å²) in [6.07, 6.45) is 0.960. The molecular weight excluding hydrogens is 192 g/mol. The van der Waals surface area contributed by atoms with Crippen LogP contribution < -0.4 is 5.32 Å². The normalized spacial score (nSPS) is 26.7. The highest BCUT2D eigenvalue weighted by atomic mass is 16.5. The molecule has 0 aromatic heterocycles. The first kappa shape index (κ1) is 12.5. The summed E-state index contributed by atoms with van der Waals surface area (Å²) in [5.74, 6) is 0.114. The van der Waals surface area contributed by atoms with Gasteiger partial charge in [-0.05, 0) is 20.3 Å². The third kappa shape index (κ3) is 4.18. The Morgan fingerprint density at radius 3 is 2.53 bits per heavy atom. The Morgan fingerprint density at radius 2 is 2.00 bits per heavy atom. The molecule has 4 heteroatoms. The van der Waals surface area contributed by atoms with E-state index in [1.807, 2.05) is 11.8 Å². The molecular formula is C11H22N2O2. The van der Waals surface area contributed by atoms with Crippen molar-refractivity contribution in [1.29, 1.82) is 0 Å². The Morgan fingerprint density at radius 1 is 1.40 bits per heavy atom. The molecule has 0 aromatic carbocycles. The lowest BCUT2D eigenvalue weighted by Crippen LogP contribution is -2.56. The number of amides is 1. The van der Waals surface area contributed by atoms with E-state index in [-0.39, 0.29) is 12.5 Å². The molecule has 0 radical (unpaired) electrons. The number of hydrogen-bond acceptors (Lipinski definition) is 3. The quantitative estimate of drug-likeness (QED) is 0.698. The fraction of sp³-hybridized carbons (Fsp3) is 0.909. The van der Waals surface area contributed by atoms with Crippen LogP contribution in [0.1, 0.15) is 27.2 Å². The standard InChI is InChI=1S/C11H22N2O2/c1-4-5-15-8-11(14)13-6-9(2)12-10(3)7-13/h9-10,12H,4-8H2,1-3H3. The van der Waals surface area contributed by atoms with Crippen LogP contribution in [0.25, 0.3) is 0 Å². The third-order valence-corrected chi connectivity index (χ3v) is 2.48. The lowest BCUT2D eigenvalue weighted by atomic mass is 10.1. The fourth-order valence-corrected chi connectivity index (χ4v) is 1.93. The first-order valence-corrected chi connectivity index (χ1v) is 5.75. The van der Waals surface area contributed by atoms with E-state index in [1.54, 1.807) is 0 Å². The molecule has 15 heavy (non-hydrogen) atoms. The van der Waals surface area contributed by atoms with E-state index in [0.717, 1.165) is 19.5 Å². The molecule has 0 saturated carbocycles. The number of piperazine rings is 1. The second kappa shape index (κ2) is 6.08. The molecule has 0 aliphatic carbocycles. The molecule has 0 bridgehead atoms. The van der Waals surface area contributed by atoms with Crippen LogP contribution in [0.3, 0.4) is 0 Å². The number of ether oxygens (including phenoxy) is 1. The summed E-state index contributed by atoms with van der Waals surface area (Å²) >= 11 is 0. The average molecular weight is 214 g/mol. The van der Waals surface area contributed by atoms with Crippen LogP contribution in [0, 0.1) is 0 Å². The van der Waals surface area contributed by atoms with Crippen molar-refractivity contribution in [2.75, 3.05) is 26.3 Å². The predicted octanol–water partition coefficient (Wildman–Crippen LogP) is 0.622. The maximum absolute atomic E-state index is 11.7. The van der Waals surface area contributed by atoms with Crippen LogP contribution in [-0.4, -0.2) is 49.2 Å². The molecule has 1 rings (SSSR count). The van der Waals surface area contributed by atoms with E-state index in [9.17, 15) is 4.79 Å². The molecule has 1 heterocycles. The number of rotatable bonds is 4. The molecule has 0 aromatic rings. The Hall–Kier alpha value is -0.610. The maximum Gasteiger partial charge on any atom is 0.248 e. The highest BCUT2D eigenvalue weighted by molar-refractivity contribution is 5.77. The summed E-state index contributed by atoms with van der Waals surface area (Å²) in [6.45, 7) is 8.72. The molecule has 4 nitrogen and oxygen atoms in total. The first-order valence-electron chi connectivity index (χ1n) is 5.75. The predicted molar refractivity (Wildman–Crippen MR) is 59.7 cm³/mol. The van der Waals surface area contributed by atoms with Crippen LogP contribution in [0.2, 0.25) is 0 Å². The van der Waals surface area contributed by atoms with E-state index < -0.39 is 0 Å². The van der Waals surface area contributed by atoms with E-state index in [1.165, 1.54) is 0 Å². The molecule has 88 valence electrons. The Kier molecular flexibility index (Phi) is 5.05. The van der Waals surface area contributed by atoms with Crippen molar-refractivity contribution in [3.8, 4) is 0 Å². The molecule has 1 amide bonds. The molecule has 1 aliphatic heterocycles. The summed E-state index contributed by atoms with van der Waals surface area (Å²) in [6, 6.07) is 0.757. The van der Waals surface area contributed by atoms with Gasteiger partial charge in [0.15, 0.2) is 0 Å². The van der Waals surface area contributed by atoms with Crippen LogP contribution in [0.4, 0.5) is 0 Å². The lowest BCUT2D eigenvalue weighted by Gasteiger charge is -2.36. The minimum Gasteiger partial charge on any atom is -0.372 e. The SMILES string of the molecule is CCCOCC(=O)N1CC(C)NC(C)C1. The van der Waals surface area contributed by atoms with E-state index in [4.69, 9.17) is 4.74 Å². The zero-order valence-electron chi connectivity index (χ0n) is 9.95. The topological polar surface area (TPSA) is 41.6 Å². The van der Waals surface area contributed by atoms with Crippen molar-refractivity contribution in [3.05, 3.63) is 0 Å². The van der Waals surface area contributed by atoms with Crippen molar-refractivity contribution in [2.45, 2.75) is 39.3 Å². The third-order valence-electron chi connectivity index (χ3n) is 2.48. The monoisotopic (exact) mass is 214 g/mol. The van der Waals surface area contributed by atoms with Crippen LogP contribution in [-0.2, 0) is 9.53 Å². The van der Waals surface area contributed by atoms with Gasteiger partial charge >= 0.3 is 0 Å². The largest absolute Gasteiger partial charge is 0.372 e. The van der Waals surface area contributed by atoms with Crippen LogP contribution in [0.15, 0.2) is 0 Å². The van der Waals surface area contributed by atoms with Gasteiger partial charge in [-0.1, -0.05) is 6.92 Å². The summed E-state index contributed by atoms with van der Waals surface area (Å²) in [5.41, 5.74) is 0. The van der Waals surface area contributed by atoms with Gasteiger partial charge in [0.25, 0.3) is 0 Å². The number of nitrogens with zero attached hydrogens (tertiary/aromatic N) is 1. The van der Waals surface area contributed by atoms with Crippen LogP contribution in [0.5, 0.6) is 0 Å². The van der Waals surface area contributed by atoms with Crippen molar-refractivity contribution in [3.63, 3.8) is 0 Å².